The van der Waals surface area contributed by atoms with E-state index < -0.39 is 0 Å². The molecule has 6 nitrogen and oxygen atoms in total. The van der Waals surface area contributed by atoms with Gasteiger partial charge in [-0.15, -0.1) is 0 Å². The fourth-order valence-corrected chi connectivity index (χ4v) is 2.42. The molecule has 0 saturated heterocycles. The molecule has 0 fully saturated rings. The summed E-state index contributed by atoms with van der Waals surface area (Å²) in [5.74, 6) is -0.219. The number of carbonyl (C=O) groups is 1. The van der Waals surface area contributed by atoms with Gasteiger partial charge >= 0.3 is 29.6 Å². The molecule has 1 aliphatic rings. The van der Waals surface area contributed by atoms with Crippen LogP contribution in [0.15, 0.2) is 35.4 Å². The Morgan fingerprint density at radius 3 is 2.55 bits per heavy atom. The second kappa shape index (κ2) is 6.64. The zero-order valence-electron chi connectivity index (χ0n) is 12.8. The molecule has 1 amide bonds. The number of hydrogen-bond donors (Lipinski definition) is 1. The van der Waals surface area contributed by atoms with Crippen LogP contribution in [0, 0.1) is 13.8 Å². The molecule has 7 heteroatoms. The average Bonchev–Trinajstić information content (AvgIpc) is 2.78. The summed E-state index contributed by atoms with van der Waals surface area (Å²) in [4.78, 5) is 11.7. The van der Waals surface area contributed by atoms with E-state index in [2.05, 4.69) is 15.6 Å². The molecule has 22 heavy (non-hydrogen) atoms. The number of carbonyl (C=O) groups excluding carboxylic acids is 1. The van der Waals surface area contributed by atoms with Crippen molar-refractivity contribution in [3.8, 4) is 5.88 Å². The van der Waals surface area contributed by atoms with Crippen molar-refractivity contribution in [2.45, 2.75) is 26.2 Å². The summed E-state index contributed by atoms with van der Waals surface area (Å²) in [5.41, 5.74) is 5.14. The Balaban J connectivity index is 0.00000176. The van der Waals surface area contributed by atoms with Gasteiger partial charge in [-0.3, -0.25) is 4.79 Å². The predicted molar refractivity (Wildman–Crippen MR) is 75.9 cm³/mol. The van der Waals surface area contributed by atoms with Gasteiger partial charge in [0.25, 0.3) is 0 Å². The van der Waals surface area contributed by atoms with Gasteiger partial charge in [0.2, 0.25) is 5.91 Å². The molecule has 2 aromatic rings. The molecule has 0 bridgehead atoms. The van der Waals surface area contributed by atoms with Crippen molar-refractivity contribution < 1.29 is 39.5 Å². The number of hydrogen-bond acceptors (Lipinski definition) is 4. The van der Waals surface area contributed by atoms with Crippen LogP contribution >= 0.6 is 0 Å². The first-order valence-electron chi connectivity index (χ1n) is 6.71. The summed E-state index contributed by atoms with van der Waals surface area (Å²) in [6.07, 6.45) is 0.250. The van der Waals surface area contributed by atoms with Crippen LogP contribution in [0.2, 0.25) is 0 Å². The van der Waals surface area contributed by atoms with Crippen LogP contribution in [0.1, 0.15) is 29.2 Å². The fourth-order valence-electron chi connectivity index (χ4n) is 2.42. The van der Waals surface area contributed by atoms with Gasteiger partial charge < -0.3 is 5.11 Å². The third-order valence-corrected chi connectivity index (χ3v) is 3.49. The Bertz CT molecular complexity index is 722. The van der Waals surface area contributed by atoms with Crippen molar-refractivity contribution in [3.63, 3.8) is 0 Å². The molecule has 0 spiro atoms. The van der Waals surface area contributed by atoms with E-state index in [1.807, 2.05) is 31.2 Å². The number of amides is 1. The molecule has 0 aliphatic carbocycles. The summed E-state index contributed by atoms with van der Waals surface area (Å²) in [6, 6.07) is 9.31. The van der Waals surface area contributed by atoms with E-state index in [1.165, 1.54) is 10.7 Å². The second-order valence-corrected chi connectivity index (χ2v) is 5.21. The van der Waals surface area contributed by atoms with E-state index >= 15 is 0 Å². The minimum absolute atomic E-state index is 0. The summed E-state index contributed by atoms with van der Waals surface area (Å²) < 4.78 is 1.26. The molecule has 0 saturated carbocycles. The first-order valence-corrected chi connectivity index (χ1v) is 6.71. The zero-order chi connectivity index (χ0) is 15.0. The summed E-state index contributed by atoms with van der Waals surface area (Å²) in [5, 5.41) is 20.2. The maximum Gasteiger partial charge on any atom is 1.00 e. The second-order valence-electron chi connectivity index (χ2n) is 5.21. The topological polar surface area (TPSA) is 82.3 Å². The molecule has 3 rings (SSSR count). The van der Waals surface area contributed by atoms with Gasteiger partial charge in [-0.05, 0) is 31.4 Å². The third-order valence-electron chi connectivity index (χ3n) is 3.49. The number of nitrogens with one attached hydrogen (secondary N) is 1. The molecule has 1 unspecified atom stereocenters. The average molecular weight is 306 g/mol. The third kappa shape index (κ3) is 3.24. The van der Waals surface area contributed by atoms with Crippen LogP contribution in [0.25, 0.3) is 0 Å². The molecule has 108 valence electrons. The van der Waals surface area contributed by atoms with Crippen molar-refractivity contribution in [3.05, 3.63) is 47.2 Å². The van der Waals surface area contributed by atoms with Crippen molar-refractivity contribution in [2.75, 3.05) is 0 Å². The largest absolute Gasteiger partial charge is 1.00 e. The fraction of sp³-hybridized carbons (Fsp3) is 0.267. The van der Waals surface area contributed by atoms with E-state index in [9.17, 15) is 9.90 Å². The molecule has 1 aromatic carbocycles. The Kier molecular flexibility index (Phi) is 5.05. The van der Waals surface area contributed by atoms with Gasteiger partial charge in [0.05, 0.1) is 11.6 Å². The van der Waals surface area contributed by atoms with Crippen LogP contribution in [0.3, 0.4) is 0 Å². The summed E-state index contributed by atoms with van der Waals surface area (Å²) in [6.45, 7) is 3.75. The van der Waals surface area contributed by atoms with Crippen molar-refractivity contribution >= 4 is 11.7 Å². The predicted octanol–water partition coefficient (Wildman–Crippen LogP) is -1.96. The molecule has 1 atom stereocenters. The van der Waals surface area contributed by atoms with E-state index in [0.29, 0.717) is 11.5 Å². The first kappa shape index (κ1) is 16.7. The Labute approximate surface area is 150 Å². The van der Waals surface area contributed by atoms with E-state index in [1.54, 1.807) is 6.92 Å². The molecule has 1 aliphatic heterocycles. The number of aromatic nitrogens is 2. The van der Waals surface area contributed by atoms with Crippen LogP contribution in [-0.2, 0) is 4.79 Å². The van der Waals surface area contributed by atoms with Gasteiger partial charge in [0, 0.05) is 6.42 Å². The molecule has 2 heterocycles. The maximum absolute atomic E-state index is 12.0. The number of hydrazone groups is 1. The summed E-state index contributed by atoms with van der Waals surface area (Å²) in [7, 11) is 0. The van der Waals surface area contributed by atoms with Crippen LogP contribution < -0.4 is 40.1 Å². The van der Waals surface area contributed by atoms with Gasteiger partial charge in [-0.25, -0.2) is 10.1 Å². The van der Waals surface area contributed by atoms with Gasteiger partial charge in [0.15, 0.2) is 5.84 Å². The van der Waals surface area contributed by atoms with Crippen molar-refractivity contribution in [1.82, 2.24) is 15.2 Å². The quantitative estimate of drug-likeness (QED) is 0.621. The summed E-state index contributed by atoms with van der Waals surface area (Å²) >= 11 is 0. The molecule has 1 N–H and O–H groups in total. The Morgan fingerprint density at radius 1 is 1.27 bits per heavy atom. The minimum Gasteiger partial charge on any atom is -0.858 e. The van der Waals surface area contributed by atoms with Gasteiger partial charge in [-0.2, -0.15) is 10.2 Å². The van der Waals surface area contributed by atoms with Crippen LogP contribution in [0.5, 0.6) is 5.88 Å². The number of nitrogens with zero attached hydrogens (tertiary/aromatic N) is 3. The van der Waals surface area contributed by atoms with Crippen LogP contribution in [0.4, 0.5) is 0 Å². The molecule has 0 radical (unpaired) electrons. The van der Waals surface area contributed by atoms with Crippen LogP contribution in [-0.4, -0.2) is 21.5 Å². The van der Waals surface area contributed by atoms with Gasteiger partial charge in [-0.1, -0.05) is 29.8 Å². The van der Waals surface area contributed by atoms with E-state index in [-0.39, 0.29) is 53.7 Å². The normalized spacial score (nSPS) is 17.5. The standard InChI is InChI=1S/C15H16N4O2.Na/c1-9-3-5-11(6-4-9)12-8-13(20)16-17-15(12)19-14(21)7-10(2)18-19;/h3-7,12,21H,8H2,1-2H3,(H,16,20);/q;+1/p-1. The Morgan fingerprint density at radius 2 is 1.95 bits per heavy atom. The number of aryl methyl sites for hydroxylation is 2. The minimum atomic E-state index is -0.272. The van der Waals surface area contributed by atoms with Gasteiger partial charge in [0.1, 0.15) is 0 Å². The SMILES string of the molecule is Cc1ccc(C2CC(=O)NN=C2n2nc(C)cc2[O-])cc1.[Na+]. The molecular weight excluding hydrogens is 291 g/mol. The smallest absolute Gasteiger partial charge is 0.858 e. The zero-order valence-corrected chi connectivity index (χ0v) is 14.8. The van der Waals surface area contributed by atoms with E-state index in [0.717, 1.165) is 11.1 Å². The maximum atomic E-state index is 12.0. The molecular formula is C15H15N4NaO2. The molecule has 1 aromatic heterocycles. The Hall–Kier alpha value is -1.63. The number of benzene rings is 1. The first-order chi connectivity index (χ1) is 10.0. The van der Waals surface area contributed by atoms with E-state index in [4.69, 9.17) is 0 Å². The number of rotatable bonds is 1. The van der Waals surface area contributed by atoms with Crippen molar-refractivity contribution in [2.24, 2.45) is 5.10 Å². The van der Waals surface area contributed by atoms with Crippen molar-refractivity contribution in [1.29, 1.82) is 0 Å². The monoisotopic (exact) mass is 306 g/mol.